The van der Waals surface area contributed by atoms with Gasteiger partial charge in [0, 0.05) is 28.0 Å². The van der Waals surface area contributed by atoms with Crippen molar-refractivity contribution in [2.45, 2.75) is 43.5 Å². The van der Waals surface area contributed by atoms with E-state index in [2.05, 4.69) is 156 Å². The number of ether oxygens (including phenoxy) is 1. The van der Waals surface area contributed by atoms with E-state index in [9.17, 15) is 0 Å². The lowest BCUT2D eigenvalue weighted by atomic mass is 9.79. The van der Waals surface area contributed by atoms with Crippen LogP contribution in [-0.4, -0.2) is 12.3 Å². The van der Waals surface area contributed by atoms with Gasteiger partial charge in [0.05, 0.1) is 12.0 Å². The molecule has 0 saturated carbocycles. The van der Waals surface area contributed by atoms with Crippen molar-refractivity contribution >= 4 is 27.5 Å². The Morgan fingerprint density at radius 3 is 2.58 bits per heavy atom. The molecule has 4 aromatic carbocycles. The Balaban J connectivity index is 1.16. The van der Waals surface area contributed by atoms with Crippen molar-refractivity contribution in [2.75, 3.05) is 0 Å². The van der Waals surface area contributed by atoms with Crippen molar-refractivity contribution < 1.29 is 9.15 Å². The molecule has 4 heteroatoms. The fraction of sp³-hybridized carbons (Fsp3) is 0.174. The van der Waals surface area contributed by atoms with E-state index in [0.29, 0.717) is 5.92 Å². The van der Waals surface area contributed by atoms with E-state index in [0.717, 1.165) is 47.0 Å². The van der Waals surface area contributed by atoms with Gasteiger partial charge < -0.3 is 14.5 Å². The summed E-state index contributed by atoms with van der Waals surface area (Å²) < 4.78 is 12.9. The van der Waals surface area contributed by atoms with Gasteiger partial charge in [-0.2, -0.15) is 0 Å². The monoisotopic (exact) mass is 650 g/mol. The molecule has 5 atom stereocenters. The lowest BCUT2D eigenvalue weighted by Gasteiger charge is -2.36. The standard InChI is InChI=1S/C46H38N2O2/c1-3-13-29(14-4-1)38-28-39(48-46(47-38)30-15-5-2-6-16-30)33-26-31(34-19-11-23-42-44(34)36-17-7-9-21-40(36)49-42)25-32(27-33)35-20-12-24-43-45(35)37-18-8-10-22-41(37)50-43/h1,3-5,7-13,15-29,39,42,44,46-48H,2,6,14H2. The third-order valence-corrected chi connectivity index (χ3v) is 10.9. The van der Waals surface area contributed by atoms with E-state index in [-0.39, 0.29) is 24.2 Å². The van der Waals surface area contributed by atoms with Gasteiger partial charge in [-0.05, 0) is 101 Å². The Hall–Kier alpha value is -5.58. The van der Waals surface area contributed by atoms with Crippen LogP contribution >= 0.6 is 0 Å². The Bertz CT molecular complexity index is 2380. The highest BCUT2D eigenvalue weighted by molar-refractivity contribution is 6.12. The van der Waals surface area contributed by atoms with E-state index in [1.54, 1.807) is 0 Å². The van der Waals surface area contributed by atoms with Crippen molar-refractivity contribution in [1.29, 1.82) is 0 Å². The molecule has 1 aromatic heterocycles. The van der Waals surface area contributed by atoms with Crippen molar-refractivity contribution in [3.05, 3.63) is 180 Å². The summed E-state index contributed by atoms with van der Waals surface area (Å²) in [6, 6.07) is 30.5. The van der Waals surface area contributed by atoms with Crippen molar-refractivity contribution in [3.8, 4) is 16.9 Å². The number of nitrogens with one attached hydrogen (secondary N) is 2. The number of benzene rings is 4. The quantitative estimate of drug-likeness (QED) is 0.199. The molecule has 4 nitrogen and oxygen atoms in total. The first-order chi connectivity index (χ1) is 24.8. The number of hydrogen-bond donors (Lipinski definition) is 2. The maximum absolute atomic E-state index is 6.49. The largest absolute Gasteiger partial charge is 0.485 e. The predicted molar refractivity (Wildman–Crippen MR) is 204 cm³/mol. The third-order valence-electron chi connectivity index (χ3n) is 10.9. The molecule has 0 fully saturated rings. The topological polar surface area (TPSA) is 46.4 Å². The summed E-state index contributed by atoms with van der Waals surface area (Å²) >= 11 is 0. The minimum absolute atomic E-state index is 0.00609. The van der Waals surface area contributed by atoms with Crippen molar-refractivity contribution in [3.63, 3.8) is 0 Å². The van der Waals surface area contributed by atoms with Gasteiger partial charge in [0.25, 0.3) is 0 Å². The van der Waals surface area contributed by atoms with Crippen molar-refractivity contribution in [1.82, 2.24) is 10.6 Å². The summed E-state index contributed by atoms with van der Waals surface area (Å²) in [5.74, 6) is 1.42. The first-order valence-corrected chi connectivity index (χ1v) is 17.9. The molecule has 3 aliphatic carbocycles. The Labute approximate surface area is 292 Å². The maximum Gasteiger partial charge on any atom is 0.136 e. The Morgan fingerprint density at radius 1 is 0.760 bits per heavy atom. The van der Waals surface area contributed by atoms with Gasteiger partial charge in [-0.1, -0.05) is 103 Å². The molecule has 5 unspecified atom stereocenters. The summed E-state index contributed by atoms with van der Waals surface area (Å²) in [6.45, 7) is 0. The summed E-state index contributed by atoms with van der Waals surface area (Å²) in [7, 11) is 0. The minimum Gasteiger partial charge on any atom is -0.485 e. The molecule has 3 heterocycles. The molecule has 2 N–H and O–H groups in total. The van der Waals surface area contributed by atoms with Crippen LogP contribution in [0.1, 0.15) is 47.9 Å². The molecule has 5 aromatic rings. The molecular formula is C46H38N2O2. The van der Waals surface area contributed by atoms with Crippen LogP contribution in [0.15, 0.2) is 167 Å². The number of para-hydroxylation sites is 2. The number of fused-ring (bicyclic) bond motifs is 6. The average Bonchev–Trinajstić information content (AvgIpc) is 3.77. The smallest absolute Gasteiger partial charge is 0.136 e. The molecular weight excluding hydrogens is 613 g/mol. The predicted octanol–water partition coefficient (Wildman–Crippen LogP) is 10.6. The molecule has 10 rings (SSSR count). The van der Waals surface area contributed by atoms with Crippen LogP contribution in [0.5, 0.6) is 5.75 Å². The van der Waals surface area contributed by atoms with Gasteiger partial charge in [-0.3, -0.25) is 5.32 Å². The second-order valence-corrected chi connectivity index (χ2v) is 13.9. The summed E-state index contributed by atoms with van der Waals surface area (Å²) in [4.78, 5) is 0. The molecule has 0 bridgehead atoms. The van der Waals surface area contributed by atoms with Gasteiger partial charge in [-0.25, -0.2) is 0 Å². The number of hydrogen-bond acceptors (Lipinski definition) is 4. The van der Waals surface area contributed by atoms with E-state index in [4.69, 9.17) is 9.15 Å². The van der Waals surface area contributed by atoms with Crippen LogP contribution in [0.25, 0.3) is 38.6 Å². The summed E-state index contributed by atoms with van der Waals surface area (Å²) in [6.07, 6.45) is 28.1. The second kappa shape index (κ2) is 12.1. The van der Waals surface area contributed by atoms with E-state index >= 15 is 0 Å². The number of allylic oxidation sites excluding steroid dienone is 8. The third kappa shape index (κ3) is 5.02. The SMILES string of the molecule is C1=CCC(C2=CC(c3cc(C4=CC=CC5Oc6ccccc6C45)cc(-c4cccc5oc6ccccc6c45)c3)NC(C3=CCCC=C3)N2)C=C1. The highest BCUT2D eigenvalue weighted by Gasteiger charge is 2.37. The molecule has 0 spiro atoms. The summed E-state index contributed by atoms with van der Waals surface area (Å²) in [5, 5.41) is 10.2. The first-order valence-electron chi connectivity index (χ1n) is 17.9. The fourth-order valence-electron chi connectivity index (χ4n) is 8.47. The van der Waals surface area contributed by atoms with Crippen LogP contribution in [0.4, 0.5) is 0 Å². The van der Waals surface area contributed by atoms with Crippen LogP contribution in [0, 0.1) is 5.92 Å². The molecule has 2 aliphatic heterocycles. The first kappa shape index (κ1) is 29.3. The second-order valence-electron chi connectivity index (χ2n) is 13.9. The van der Waals surface area contributed by atoms with Gasteiger partial charge in [-0.15, -0.1) is 0 Å². The number of furan rings is 1. The van der Waals surface area contributed by atoms with Gasteiger partial charge >= 0.3 is 0 Å². The van der Waals surface area contributed by atoms with E-state index < -0.39 is 0 Å². The van der Waals surface area contributed by atoms with Crippen LogP contribution < -0.4 is 15.4 Å². The fourth-order valence-corrected chi connectivity index (χ4v) is 8.47. The summed E-state index contributed by atoms with van der Waals surface area (Å²) in [5.41, 5.74) is 11.7. The molecule has 50 heavy (non-hydrogen) atoms. The highest BCUT2D eigenvalue weighted by Crippen LogP contribution is 2.49. The van der Waals surface area contributed by atoms with Crippen LogP contribution in [0.3, 0.4) is 0 Å². The zero-order valence-electron chi connectivity index (χ0n) is 27.8. The molecule has 0 radical (unpaired) electrons. The van der Waals surface area contributed by atoms with Crippen LogP contribution in [-0.2, 0) is 0 Å². The van der Waals surface area contributed by atoms with Crippen LogP contribution in [0.2, 0.25) is 0 Å². The normalized spacial score (nSPS) is 25.0. The van der Waals surface area contributed by atoms with Gasteiger partial charge in [0.1, 0.15) is 29.2 Å². The molecule has 5 aliphatic rings. The lowest BCUT2D eigenvalue weighted by molar-refractivity contribution is 0.271. The minimum atomic E-state index is -0.0233. The zero-order chi connectivity index (χ0) is 33.0. The highest BCUT2D eigenvalue weighted by atomic mass is 16.5. The van der Waals surface area contributed by atoms with Crippen molar-refractivity contribution in [2.24, 2.45) is 5.92 Å². The maximum atomic E-state index is 6.49. The van der Waals surface area contributed by atoms with E-state index in [1.165, 1.54) is 44.7 Å². The molecule has 0 saturated heterocycles. The average molecular weight is 651 g/mol. The van der Waals surface area contributed by atoms with E-state index in [1.807, 2.05) is 6.07 Å². The molecule has 244 valence electrons. The zero-order valence-corrected chi connectivity index (χ0v) is 27.8. The molecule has 0 amide bonds. The lowest BCUT2D eigenvalue weighted by Crippen LogP contribution is -2.49. The van der Waals surface area contributed by atoms with Gasteiger partial charge in [0.2, 0.25) is 0 Å². The van der Waals surface area contributed by atoms with Gasteiger partial charge in [0.15, 0.2) is 0 Å². The Kier molecular flexibility index (Phi) is 7.09. The number of rotatable bonds is 5. The Morgan fingerprint density at radius 2 is 1.66 bits per heavy atom.